The molecular weight excluding hydrogens is 288 g/mol. The zero-order valence-electron chi connectivity index (χ0n) is 13.3. The van der Waals surface area contributed by atoms with Gasteiger partial charge in [0.25, 0.3) is 0 Å². The number of likely N-dealkylation sites (N-methyl/N-ethyl adjacent to an activating group) is 1. The van der Waals surface area contributed by atoms with Crippen LogP contribution in [0.2, 0.25) is 5.02 Å². The van der Waals surface area contributed by atoms with Gasteiger partial charge in [0.15, 0.2) is 0 Å². The highest BCUT2D eigenvalue weighted by molar-refractivity contribution is 6.31. The normalized spacial score (nSPS) is 23.3. The van der Waals surface area contributed by atoms with Gasteiger partial charge in [-0.3, -0.25) is 4.68 Å². The highest BCUT2D eigenvalue weighted by Crippen LogP contribution is 2.37. The van der Waals surface area contributed by atoms with Crippen LogP contribution in [0.3, 0.4) is 0 Å². The van der Waals surface area contributed by atoms with Gasteiger partial charge in [-0.05, 0) is 46.2 Å². The van der Waals surface area contributed by atoms with Gasteiger partial charge in [-0.2, -0.15) is 5.10 Å². The van der Waals surface area contributed by atoms with Crippen LogP contribution in [0.5, 0.6) is 0 Å². The first-order valence-corrected chi connectivity index (χ1v) is 8.12. The third-order valence-corrected chi connectivity index (χ3v) is 4.42. The number of halogens is 1. The molecule has 0 saturated heterocycles. The van der Waals surface area contributed by atoms with Crippen LogP contribution in [0.4, 0.5) is 0 Å². The first-order valence-electron chi connectivity index (χ1n) is 7.74. The highest BCUT2D eigenvalue weighted by atomic mass is 35.5. The van der Waals surface area contributed by atoms with E-state index in [9.17, 15) is 0 Å². The largest absolute Gasteiger partial charge is 0.378 e. The van der Waals surface area contributed by atoms with Crippen molar-refractivity contribution in [3.63, 3.8) is 0 Å². The van der Waals surface area contributed by atoms with Crippen LogP contribution < -0.4 is 5.73 Å². The van der Waals surface area contributed by atoms with Crippen LogP contribution in [0.25, 0.3) is 0 Å². The number of hydrogen-bond acceptors (Lipinski definition) is 4. The molecule has 1 aromatic heterocycles. The summed E-state index contributed by atoms with van der Waals surface area (Å²) in [7, 11) is 4.10. The van der Waals surface area contributed by atoms with Crippen molar-refractivity contribution < 1.29 is 4.74 Å². The predicted molar refractivity (Wildman–Crippen MR) is 85.5 cm³/mol. The third-order valence-electron chi connectivity index (χ3n) is 4.13. The Morgan fingerprint density at radius 1 is 1.52 bits per heavy atom. The first-order chi connectivity index (χ1) is 10.0. The summed E-state index contributed by atoms with van der Waals surface area (Å²) in [5.41, 5.74) is 7.35. The Morgan fingerprint density at radius 2 is 2.24 bits per heavy atom. The first kappa shape index (κ1) is 16.7. The van der Waals surface area contributed by atoms with Crippen molar-refractivity contribution in [3.05, 3.63) is 16.9 Å². The Labute approximate surface area is 132 Å². The molecule has 1 atom stereocenters. The van der Waals surface area contributed by atoms with Crippen molar-refractivity contribution in [2.24, 2.45) is 11.7 Å². The average Bonchev–Trinajstić information content (AvgIpc) is 2.75. The number of ether oxygens (including phenoxy) is 1. The molecule has 1 aliphatic rings. The third kappa shape index (κ3) is 4.42. The van der Waals surface area contributed by atoms with Crippen molar-refractivity contribution in [1.82, 2.24) is 14.7 Å². The minimum Gasteiger partial charge on any atom is -0.378 e. The molecule has 0 radical (unpaired) electrons. The second-order valence-electron chi connectivity index (χ2n) is 6.16. The van der Waals surface area contributed by atoms with E-state index in [1.54, 1.807) is 6.20 Å². The van der Waals surface area contributed by atoms with E-state index in [-0.39, 0.29) is 6.04 Å². The lowest BCUT2D eigenvalue weighted by molar-refractivity contribution is -0.0283. The molecule has 2 N–H and O–H groups in total. The zero-order chi connectivity index (χ0) is 15.4. The Bertz CT molecular complexity index is 443. The maximum atomic E-state index is 6.38. The van der Waals surface area contributed by atoms with Crippen LogP contribution >= 0.6 is 11.6 Å². The van der Waals surface area contributed by atoms with Gasteiger partial charge in [-0.1, -0.05) is 11.6 Å². The van der Waals surface area contributed by atoms with Crippen LogP contribution in [-0.2, 0) is 11.3 Å². The van der Waals surface area contributed by atoms with Gasteiger partial charge in [0.2, 0.25) is 0 Å². The van der Waals surface area contributed by atoms with E-state index in [2.05, 4.69) is 10.00 Å². The Kier molecular flexibility index (Phi) is 6.05. The van der Waals surface area contributed by atoms with E-state index in [1.165, 1.54) is 0 Å². The summed E-state index contributed by atoms with van der Waals surface area (Å²) in [5.74, 6) is 0.643. The summed E-state index contributed by atoms with van der Waals surface area (Å²) in [6.45, 7) is 4.58. The summed E-state index contributed by atoms with van der Waals surface area (Å²) in [5, 5.41) is 5.04. The zero-order valence-corrected chi connectivity index (χ0v) is 14.0. The van der Waals surface area contributed by atoms with Crippen molar-refractivity contribution in [1.29, 1.82) is 0 Å². The lowest BCUT2D eigenvalue weighted by Crippen LogP contribution is -2.34. The van der Waals surface area contributed by atoms with E-state index in [0.717, 1.165) is 44.7 Å². The Balaban J connectivity index is 1.90. The number of aromatic nitrogens is 2. The summed E-state index contributed by atoms with van der Waals surface area (Å²) in [6, 6.07) is -0.0465. The SMILES string of the molecule is CCOC1CC(CC(N)c2c(Cl)cnn2CCN(C)C)C1. The van der Waals surface area contributed by atoms with Gasteiger partial charge in [0.1, 0.15) is 0 Å². The lowest BCUT2D eigenvalue weighted by atomic mass is 9.78. The van der Waals surface area contributed by atoms with E-state index in [0.29, 0.717) is 17.0 Å². The summed E-state index contributed by atoms with van der Waals surface area (Å²) in [4.78, 5) is 2.13. The molecule has 1 aromatic rings. The molecule has 2 rings (SSSR count). The lowest BCUT2D eigenvalue weighted by Gasteiger charge is -2.36. The summed E-state index contributed by atoms with van der Waals surface area (Å²) < 4.78 is 7.55. The maximum absolute atomic E-state index is 6.38. The average molecular weight is 315 g/mol. The van der Waals surface area contributed by atoms with Gasteiger partial charge in [0.05, 0.1) is 29.6 Å². The molecule has 1 unspecified atom stereocenters. The molecule has 6 heteroatoms. The minimum absolute atomic E-state index is 0.0465. The molecule has 1 heterocycles. The minimum atomic E-state index is -0.0465. The molecule has 1 saturated carbocycles. The van der Waals surface area contributed by atoms with Gasteiger partial charge in [-0.15, -0.1) is 0 Å². The number of nitrogens with zero attached hydrogens (tertiary/aromatic N) is 3. The van der Waals surface area contributed by atoms with Crippen molar-refractivity contribution in [2.75, 3.05) is 27.2 Å². The van der Waals surface area contributed by atoms with Crippen molar-refractivity contribution in [3.8, 4) is 0 Å². The molecule has 1 fully saturated rings. The second-order valence-corrected chi connectivity index (χ2v) is 6.57. The number of hydrogen-bond donors (Lipinski definition) is 1. The number of nitrogens with two attached hydrogens (primary N) is 1. The molecule has 1 aliphatic carbocycles. The predicted octanol–water partition coefficient (Wildman–Crippen LogP) is 2.30. The fourth-order valence-corrected chi connectivity index (χ4v) is 3.20. The monoisotopic (exact) mass is 314 g/mol. The fraction of sp³-hybridized carbons (Fsp3) is 0.800. The molecule has 0 aliphatic heterocycles. The summed E-state index contributed by atoms with van der Waals surface area (Å²) >= 11 is 6.28. The van der Waals surface area contributed by atoms with E-state index in [1.807, 2.05) is 25.7 Å². The molecular formula is C15H27ClN4O. The molecule has 0 aromatic carbocycles. The molecule has 0 amide bonds. The quantitative estimate of drug-likeness (QED) is 0.800. The fourth-order valence-electron chi connectivity index (χ4n) is 2.92. The standard InChI is InChI=1S/C15H27ClN4O/c1-4-21-12-7-11(8-12)9-14(17)15-13(16)10-18-20(15)6-5-19(2)3/h10-12,14H,4-9,17H2,1-3H3. The number of rotatable bonds is 8. The Morgan fingerprint density at radius 3 is 2.86 bits per heavy atom. The van der Waals surface area contributed by atoms with Crippen LogP contribution in [-0.4, -0.2) is 48.0 Å². The van der Waals surface area contributed by atoms with Gasteiger partial charge in [0, 0.05) is 19.2 Å². The van der Waals surface area contributed by atoms with Crippen LogP contribution in [0, 0.1) is 5.92 Å². The molecule has 21 heavy (non-hydrogen) atoms. The molecule has 120 valence electrons. The van der Waals surface area contributed by atoms with Crippen molar-refractivity contribution >= 4 is 11.6 Å². The Hall–Kier alpha value is -0.620. The topological polar surface area (TPSA) is 56.3 Å². The van der Waals surface area contributed by atoms with Crippen molar-refractivity contribution in [2.45, 2.75) is 44.9 Å². The van der Waals surface area contributed by atoms with Crippen LogP contribution in [0.15, 0.2) is 6.20 Å². The van der Waals surface area contributed by atoms with Gasteiger partial charge in [-0.25, -0.2) is 0 Å². The molecule has 0 spiro atoms. The van der Waals surface area contributed by atoms with Gasteiger partial charge >= 0.3 is 0 Å². The smallest absolute Gasteiger partial charge is 0.0834 e. The van der Waals surface area contributed by atoms with Crippen LogP contribution in [0.1, 0.15) is 37.9 Å². The second kappa shape index (κ2) is 7.58. The maximum Gasteiger partial charge on any atom is 0.0834 e. The highest BCUT2D eigenvalue weighted by Gasteiger charge is 2.32. The van der Waals surface area contributed by atoms with Gasteiger partial charge < -0.3 is 15.4 Å². The molecule has 5 nitrogen and oxygen atoms in total. The summed E-state index contributed by atoms with van der Waals surface area (Å²) in [6.07, 6.45) is 5.32. The van der Waals surface area contributed by atoms with E-state index >= 15 is 0 Å². The van der Waals surface area contributed by atoms with E-state index in [4.69, 9.17) is 22.1 Å². The van der Waals surface area contributed by atoms with E-state index < -0.39 is 0 Å². The molecule has 0 bridgehead atoms.